The zero-order valence-electron chi connectivity index (χ0n) is 15.3. The predicted octanol–water partition coefficient (Wildman–Crippen LogP) is 4.07. The molecule has 0 radical (unpaired) electrons. The van der Waals surface area contributed by atoms with Crippen LogP contribution in [0.5, 0.6) is 0 Å². The molecule has 0 saturated carbocycles. The Bertz CT molecular complexity index is 949. The van der Waals surface area contributed by atoms with Gasteiger partial charge in [-0.3, -0.25) is 19.7 Å². The Hall–Kier alpha value is -3.00. The van der Waals surface area contributed by atoms with Crippen molar-refractivity contribution < 1.29 is 14.5 Å². The summed E-state index contributed by atoms with van der Waals surface area (Å²) < 4.78 is 0. The fraction of sp³-hybridized carbons (Fsp3) is 0.300. The number of fused-ring (bicyclic) bond motifs is 1. The molecule has 0 saturated heterocycles. The van der Waals surface area contributed by atoms with Crippen LogP contribution in [0.25, 0.3) is 6.08 Å². The minimum Gasteiger partial charge on any atom is -0.365 e. The number of amides is 2. The maximum Gasteiger partial charge on any atom is 0.270 e. The van der Waals surface area contributed by atoms with Crippen molar-refractivity contribution in [1.82, 2.24) is 0 Å². The molecular weight excluding hydrogens is 378 g/mol. The molecule has 3 N–H and O–H groups in total. The molecule has 0 atom stereocenters. The number of anilines is 1. The maximum absolute atomic E-state index is 12.4. The van der Waals surface area contributed by atoms with Gasteiger partial charge in [0.05, 0.1) is 10.5 Å². The van der Waals surface area contributed by atoms with E-state index in [2.05, 4.69) is 5.32 Å². The summed E-state index contributed by atoms with van der Waals surface area (Å²) in [6.07, 6.45) is 8.83. The first kappa shape index (κ1) is 19.8. The van der Waals surface area contributed by atoms with Crippen LogP contribution in [0.4, 0.5) is 10.7 Å². The van der Waals surface area contributed by atoms with E-state index in [4.69, 9.17) is 5.73 Å². The Kier molecular flexibility index (Phi) is 6.20. The standard InChI is InChI=1S/C20H21N3O4S/c21-19(25)18-15-8-3-1-2-4-9-16(15)28-20(18)22-17(24)11-10-13-6-5-7-14(12-13)23(26)27/h5-7,10-12H,1-4,8-9H2,(H2,21,25)(H,22,24)/b11-10-. The number of carbonyl (C=O) groups is 2. The fourth-order valence-corrected chi connectivity index (χ4v) is 4.63. The van der Waals surface area contributed by atoms with E-state index in [1.165, 1.54) is 35.6 Å². The molecule has 1 aromatic heterocycles. The molecular formula is C20H21N3O4S. The first-order chi connectivity index (χ1) is 13.5. The van der Waals surface area contributed by atoms with E-state index < -0.39 is 16.7 Å². The van der Waals surface area contributed by atoms with Crippen molar-refractivity contribution in [3.63, 3.8) is 0 Å². The van der Waals surface area contributed by atoms with Crippen LogP contribution in [0.2, 0.25) is 0 Å². The molecule has 2 amide bonds. The van der Waals surface area contributed by atoms with E-state index in [0.29, 0.717) is 16.1 Å². The van der Waals surface area contributed by atoms with Crippen LogP contribution in [-0.4, -0.2) is 16.7 Å². The first-order valence-corrected chi connectivity index (χ1v) is 9.95. The van der Waals surface area contributed by atoms with Crippen LogP contribution in [-0.2, 0) is 17.6 Å². The summed E-state index contributed by atoms with van der Waals surface area (Å²) in [5.74, 6) is -0.945. The minimum atomic E-state index is -0.531. The molecule has 2 aromatic rings. The second-order valence-electron chi connectivity index (χ2n) is 6.66. The number of benzene rings is 1. The Morgan fingerprint density at radius 1 is 1.18 bits per heavy atom. The molecule has 0 fully saturated rings. The van der Waals surface area contributed by atoms with Gasteiger partial charge in [-0.1, -0.05) is 25.0 Å². The van der Waals surface area contributed by atoms with E-state index in [1.807, 2.05) is 0 Å². The van der Waals surface area contributed by atoms with E-state index >= 15 is 0 Å². The summed E-state index contributed by atoms with van der Waals surface area (Å²) in [6, 6.07) is 6.00. The number of aryl methyl sites for hydroxylation is 1. The van der Waals surface area contributed by atoms with Gasteiger partial charge in [0.1, 0.15) is 5.00 Å². The van der Waals surface area contributed by atoms with E-state index in [0.717, 1.165) is 49.0 Å². The van der Waals surface area contributed by atoms with Crippen LogP contribution in [0.3, 0.4) is 0 Å². The van der Waals surface area contributed by atoms with Gasteiger partial charge in [-0.05, 0) is 42.9 Å². The van der Waals surface area contributed by atoms with Gasteiger partial charge in [0.15, 0.2) is 0 Å². The third-order valence-corrected chi connectivity index (χ3v) is 5.87. The zero-order chi connectivity index (χ0) is 20.1. The number of primary amides is 1. The van der Waals surface area contributed by atoms with Crippen molar-refractivity contribution in [2.24, 2.45) is 5.73 Å². The lowest BCUT2D eigenvalue weighted by molar-refractivity contribution is -0.384. The van der Waals surface area contributed by atoms with Gasteiger partial charge in [-0.25, -0.2) is 0 Å². The second kappa shape index (κ2) is 8.79. The number of non-ortho nitro benzene ring substituents is 1. The number of thiophene rings is 1. The van der Waals surface area contributed by atoms with E-state index in [9.17, 15) is 19.7 Å². The quantitative estimate of drug-likeness (QED) is 0.448. The van der Waals surface area contributed by atoms with E-state index in [1.54, 1.807) is 12.1 Å². The van der Waals surface area contributed by atoms with Gasteiger partial charge in [0.2, 0.25) is 5.91 Å². The number of nitrogens with one attached hydrogen (secondary N) is 1. The van der Waals surface area contributed by atoms with Gasteiger partial charge < -0.3 is 11.1 Å². The average molecular weight is 399 g/mol. The number of nitro groups is 1. The highest BCUT2D eigenvalue weighted by atomic mass is 32.1. The Morgan fingerprint density at radius 3 is 2.64 bits per heavy atom. The number of rotatable bonds is 5. The number of nitrogens with two attached hydrogens (primary N) is 1. The molecule has 7 nitrogen and oxygen atoms in total. The highest BCUT2D eigenvalue weighted by molar-refractivity contribution is 7.17. The summed E-state index contributed by atoms with van der Waals surface area (Å²) in [5, 5.41) is 14.1. The Balaban J connectivity index is 1.80. The second-order valence-corrected chi connectivity index (χ2v) is 7.77. The molecule has 1 heterocycles. The number of hydrogen-bond donors (Lipinski definition) is 2. The third-order valence-electron chi connectivity index (χ3n) is 4.66. The maximum atomic E-state index is 12.4. The highest BCUT2D eigenvalue weighted by Crippen LogP contribution is 2.36. The summed E-state index contributed by atoms with van der Waals surface area (Å²) in [5.41, 5.74) is 7.47. The normalized spacial score (nSPS) is 14.1. The molecule has 146 valence electrons. The monoisotopic (exact) mass is 399 g/mol. The molecule has 3 rings (SSSR count). The highest BCUT2D eigenvalue weighted by Gasteiger charge is 2.23. The first-order valence-electron chi connectivity index (χ1n) is 9.13. The minimum absolute atomic E-state index is 0.0448. The van der Waals surface area contributed by atoms with Crippen molar-refractivity contribution in [3.8, 4) is 0 Å². The number of carbonyl (C=O) groups excluding carboxylic acids is 2. The van der Waals surface area contributed by atoms with Crippen molar-refractivity contribution in [2.75, 3.05) is 5.32 Å². The lowest BCUT2D eigenvalue weighted by Crippen LogP contribution is -2.17. The molecule has 0 spiro atoms. The topological polar surface area (TPSA) is 115 Å². The van der Waals surface area contributed by atoms with Gasteiger partial charge >= 0.3 is 0 Å². The van der Waals surface area contributed by atoms with Crippen LogP contribution in [0.15, 0.2) is 30.3 Å². The van der Waals surface area contributed by atoms with Crippen LogP contribution in [0, 0.1) is 10.1 Å². The zero-order valence-corrected chi connectivity index (χ0v) is 16.1. The number of hydrogen-bond acceptors (Lipinski definition) is 5. The summed E-state index contributed by atoms with van der Waals surface area (Å²) >= 11 is 1.41. The van der Waals surface area contributed by atoms with Crippen LogP contribution >= 0.6 is 11.3 Å². The number of nitrogens with zero attached hydrogens (tertiary/aromatic N) is 1. The molecule has 1 aliphatic carbocycles. The molecule has 28 heavy (non-hydrogen) atoms. The van der Waals surface area contributed by atoms with Crippen LogP contribution in [0.1, 0.15) is 52.0 Å². The van der Waals surface area contributed by atoms with Crippen molar-refractivity contribution >= 4 is 39.9 Å². The van der Waals surface area contributed by atoms with Crippen LogP contribution < -0.4 is 11.1 Å². The molecule has 8 heteroatoms. The van der Waals surface area contributed by atoms with Crippen molar-refractivity contribution in [3.05, 3.63) is 62.0 Å². The van der Waals surface area contributed by atoms with Gasteiger partial charge in [-0.15, -0.1) is 11.3 Å². The summed E-state index contributed by atoms with van der Waals surface area (Å²) in [7, 11) is 0. The van der Waals surface area contributed by atoms with Crippen molar-refractivity contribution in [1.29, 1.82) is 0 Å². The largest absolute Gasteiger partial charge is 0.365 e. The summed E-state index contributed by atoms with van der Waals surface area (Å²) in [4.78, 5) is 35.8. The molecule has 0 aliphatic heterocycles. The molecule has 1 aliphatic rings. The lowest BCUT2D eigenvalue weighted by Gasteiger charge is -2.10. The van der Waals surface area contributed by atoms with Crippen molar-refractivity contribution in [2.45, 2.75) is 38.5 Å². The Morgan fingerprint density at radius 2 is 1.93 bits per heavy atom. The lowest BCUT2D eigenvalue weighted by atomic mass is 9.96. The average Bonchev–Trinajstić information content (AvgIpc) is 2.96. The molecule has 0 unspecified atom stereocenters. The fourth-order valence-electron chi connectivity index (χ4n) is 3.34. The molecule has 0 bridgehead atoms. The smallest absolute Gasteiger partial charge is 0.270 e. The number of nitro benzene ring substituents is 1. The summed E-state index contributed by atoms with van der Waals surface area (Å²) in [6.45, 7) is 0. The molecule has 1 aromatic carbocycles. The van der Waals surface area contributed by atoms with Gasteiger partial charge in [0.25, 0.3) is 11.6 Å². The van der Waals surface area contributed by atoms with Gasteiger partial charge in [0, 0.05) is 23.1 Å². The third kappa shape index (κ3) is 4.64. The van der Waals surface area contributed by atoms with Gasteiger partial charge in [-0.2, -0.15) is 0 Å². The Labute approximate surface area is 166 Å². The predicted molar refractivity (Wildman–Crippen MR) is 109 cm³/mol. The van der Waals surface area contributed by atoms with E-state index in [-0.39, 0.29) is 5.69 Å². The SMILES string of the molecule is NC(=O)c1c(NC(=O)/C=C\c2cccc([N+](=O)[O-])c2)sc2c1CCCCCC2.